The Labute approximate surface area is 142 Å². The third kappa shape index (κ3) is 3.39. The maximum absolute atomic E-state index is 6.21. The molecule has 0 aromatic heterocycles. The number of rotatable bonds is 4. The lowest BCUT2D eigenvalue weighted by Gasteiger charge is -2.20. The standard InChI is InChI=1S/C15H14Cl2INO/c1-19-15(9-3-5-13(18)12(17)7-9)11-8-10(16)4-6-14(11)20-2/h3-8,15,19H,1-2H3. The van der Waals surface area contributed by atoms with E-state index in [2.05, 4.69) is 34.0 Å². The van der Waals surface area contributed by atoms with Crippen LogP contribution in [0.25, 0.3) is 0 Å². The number of hydrogen-bond donors (Lipinski definition) is 1. The fourth-order valence-corrected chi connectivity index (χ4v) is 2.83. The molecule has 0 aliphatic carbocycles. The topological polar surface area (TPSA) is 21.3 Å². The van der Waals surface area contributed by atoms with Gasteiger partial charge < -0.3 is 10.1 Å². The van der Waals surface area contributed by atoms with Gasteiger partial charge in [0.05, 0.1) is 18.2 Å². The van der Waals surface area contributed by atoms with Crippen molar-refractivity contribution in [3.8, 4) is 5.75 Å². The highest BCUT2D eigenvalue weighted by atomic mass is 127. The molecule has 0 aliphatic heterocycles. The molecule has 0 saturated carbocycles. The van der Waals surface area contributed by atoms with Gasteiger partial charge in [0.25, 0.3) is 0 Å². The van der Waals surface area contributed by atoms with E-state index in [-0.39, 0.29) is 6.04 Å². The zero-order valence-corrected chi connectivity index (χ0v) is 14.8. The molecule has 0 aliphatic rings. The summed E-state index contributed by atoms with van der Waals surface area (Å²) in [6, 6.07) is 11.6. The molecule has 2 rings (SSSR count). The Morgan fingerprint density at radius 1 is 1.15 bits per heavy atom. The van der Waals surface area contributed by atoms with Crippen LogP contribution >= 0.6 is 45.8 Å². The Hall–Kier alpha value is -0.490. The first kappa shape index (κ1) is 15.9. The second kappa shape index (κ2) is 6.98. The van der Waals surface area contributed by atoms with E-state index in [0.29, 0.717) is 5.02 Å². The molecule has 0 heterocycles. The Kier molecular flexibility index (Phi) is 5.55. The molecule has 0 fully saturated rings. The maximum atomic E-state index is 6.21. The van der Waals surface area contributed by atoms with Gasteiger partial charge in [-0.15, -0.1) is 0 Å². The van der Waals surface area contributed by atoms with Crippen molar-refractivity contribution in [2.75, 3.05) is 14.2 Å². The van der Waals surface area contributed by atoms with Crippen LogP contribution in [-0.4, -0.2) is 14.2 Å². The van der Waals surface area contributed by atoms with Crippen LogP contribution in [0.4, 0.5) is 0 Å². The smallest absolute Gasteiger partial charge is 0.124 e. The van der Waals surface area contributed by atoms with Gasteiger partial charge in [-0.25, -0.2) is 0 Å². The predicted molar refractivity (Wildman–Crippen MR) is 93.1 cm³/mol. The second-order valence-corrected chi connectivity index (χ2v) is 6.29. The molecule has 0 bridgehead atoms. The summed E-state index contributed by atoms with van der Waals surface area (Å²) >= 11 is 14.5. The predicted octanol–water partition coefficient (Wildman–Crippen LogP) is 4.92. The highest BCUT2D eigenvalue weighted by Gasteiger charge is 2.18. The summed E-state index contributed by atoms with van der Waals surface area (Å²) in [6.45, 7) is 0. The van der Waals surface area contributed by atoms with E-state index in [4.69, 9.17) is 27.9 Å². The van der Waals surface area contributed by atoms with E-state index in [1.54, 1.807) is 7.11 Å². The van der Waals surface area contributed by atoms with Crippen molar-refractivity contribution >= 4 is 45.8 Å². The number of ether oxygens (including phenoxy) is 1. The van der Waals surface area contributed by atoms with E-state index < -0.39 is 0 Å². The summed E-state index contributed by atoms with van der Waals surface area (Å²) in [6.07, 6.45) is 0. The molecular formula is C15H14Cl2INO. The van der Waals surface area contributed by atoms with E-state index in [0.717, 1.165) is 25.5 Å². The van der Waals surface area contributed by atoms with Gasteiger partial charge in [-0.05, 0) is 65.5 Å². The molecule has 2 nitrogen and oxygen atoms in total. The first-order valence-electron chi connectivity index (χ1n) is 6.02. The maximum Gasteiger partial charge on any atom is 0.124 e. The molecule has 0 saturated heterocycles. The van der Waals surface area contributed by atoms with Gasteiger partial charge in [-0.1, -0.05) is 29.3 Å². The van der Waals surface area contributed by atoms with E-state index in [9.17, 15) is 0 Å². The van der Waals surface area contributed by atoms with Crippen LogP contribution in [0, 0.1) is 3.57 Å². The fraction of sp³-hybridized carbons (Fsp3) is 0.200. The van der Waals surface area contributed by atoms with Crippen LogP contribution in [0.5, 0.6) is 5.75 Å². The summed E-state index contributed by atoms with van der Waals surface area (Å²) in [5, 5.41) is 4.70. The van der Waals surface area contributed by atoms with Crippen molar-refractivity contribution < 1.29 is 4.74 Å². The van der Waals surface area contributed by atoms with Crippen molar-refractivity contribution in [3.05, 3.63) is 61.1 Å². The lowest BCUT2D eigenvalue weighted by Crippen LogP contribution is -2.18. The zero-order chi connectivity index (χ0) is 14.7. The minimum absolute atomic E-state index is 0.0295. The quantitative estimate of drug-likeness (QED) is 0.707. The van der Waals surface area contributed by atoms with Crippen LogP contribution in [0.1, 0.15) is 17.2 Å². The van der Waals surface area contributed by atoms with E-state index in [1.807, 2.05) is 37.4 Å². The highest BCUT2D eigenvalue weighted by molar-refractivity contribution is 14.1. The van der Waals surface area contributed by atoms with Gasteiger partial charge in [0.15, 0.2) is 0 Å². The third-order valence-electron chi connectivity index (χ3n) is 3.07. The first-order valence-corrected chi connectivity index (χ1v) is 7.86. The molecule has 106 valence electrons. The van der Waals surface area contributed by atoms with Gasteiger partial charge in [0, 0.05) is 14.2 Å². The van der Waals surface area contributed by atoms with Crippen LogP contribution in [0.15, 0.2) is 36.4 Å². The lowest BCUT2D eigenvalue weighted by molar-refractivity contribution is 0.405. The Morgan fingerprint density at radius 2 is 1.90 bits per heavy atom. The number of benzene rings is 2. The van der Waals surface area contributed by atoms with Crippen LogP contribution < -0.4 is 10.1 Å². The van der Waals surface area contributed by atoms with Crippen LogP contribution in [0.2, 0.25) is 10.0 Å². The number of hydrogen-bond acceptors (Lipinski definition) is 2. The third-order valence-corrected chi connectivity index (χ3v) is 4.88. The minimum atomic E-state index is -0.0295. The average molecular weight is 422 g/mol. The molecule has 0 amide bonds. The van der Waals surface area contributed by atoms with Crippen molar-refractivity contribution in [2.24, 2.45) is 0 Å². The van der Waals surface area contributed by atoms with Crippen molar-refractivity contribution in [3.63, 3.8) is 0 Å². The Morgan fingerprint density at radius 3 is 2.50 bits per heavy atom. The van der Waals surface area contributed by atoms with Gasteiger partial charge in [-0.3, -0.25) is 0 Å². The van der Waals surface area contributed by atoms with Gasteiger partial charge in [0.2, 0.25) is 0 Å². The Bertz CT molecular complexity index is 619. The van der Waals surface area contributed by atoms with Crippen molar-refractivity contribution in [1.82, 2.24) is 5.32 Å². The highest BCUT2D eigenvalue weighted by Crippen LogP contribution is 2.33. The number of nitrogens with one attached hydrogen (secondary N) is 1. The second-order valence-electron chi connectivity index (χ2n) is 4.28. The summed E-state index contributed by atoms with van der Waals surface area (Å²) in [7, 11) is 3.55. The summed E-state index contributed by atoms with van der Waals surface area (Å²) in [5.74, 6) is 0.795. The zero-order valence-electron chi connectivity index (χ0n) is 11.1. The SMILES string of the molecule is CNC(c1ccc(I)c(Cl)c1)c1cc(Cl)ccc1OC. The molecule has 0 radical (unpaired) electrons. The molecule has 2 aromatic carbocycles. The summed E-state index contributed by atoms with van der Waals surface area (Å²) in [4.78, 5) is 0. The van der Waals surface area contributed by atoms with Gasteiger partial charge >= 0.3 is 0 Å². The number of methoxy groups -OCH3 is 1. The molecular weight excluding hydrogens is 408 g/mol. The van der Waals surface area contributed by atoms with Gasteiger partial charge in [0.1, 0.15) is 5.75 Å². The van der Waals surface area contributed by atoms with Crippen LogP contribution in [0.3, 0.4) is 0 Å². The molecule has 5 heteroatoms. The van der Waals surface area contributed by atoms with Crippen molar-refractivity contribution in [2.45, 2.75) is 6.04 Å². The molecule has 2 aromatic rings. The Balaban J connectivity index is 2.51. The summed E-state index contributed by atoms with van der Waals surface area (Å²) < 4.78 is 6.45. The summed E-state index contributed by atoms with van der Waals surface area (Å²) in [5.41, 5.74) is 2.05. The van der Waals surface area contributed by atoms with Crippen LogP contribution in [-0.2, 0) is 0 Å². The molecule has 0 spiro atoms. The minimum Gasteiger partial charge on any atom is -0.496 e. The number of halogens is 3. The van der Waals surface area contributed by atoms with E-state index >= 15 is 0 Å². The average Bonchev–Trinajstić information content (AvgIpc) is 2.44. The van der Waals surface area contributed by atoms with Crippen molar-refractivity contribution in [1.29, 1.82) is 0 Å². The first-order chi connectivity index (χ1) is 9.56. The molecule has 1 N–H and O–H groups in total. The normalized spacial score (nSPS) is 12.2. The lowest BCUT2D eigenvalue weighted by atomic mass is 9.98. The molecule has 1 atom stereocenters. The largest absolute Gasteiger partial charge is 0.496 e. The van der Waals surface area contributed by atoms with E-state index in [1.165, 1.54) is 0 Å². The fourth-order valence-electron chi connectivity index (χ4n) is 2.12. The monoisotopic (exact) mass is 421 g/mol. The van der Waals surface area contributed by atoms with Gasteiger partial charge in [-0.2, -0.15) is 0 Å². The molecule has 20 heavy (non-hydrogen) atoms. The molecule has 1 unspecified atom stereocenters.